The standard InChI is InChI=1S/C25H33N3O4Si/c1-25(2,3)33(5,6)32-16-15-28(19-11-8-7-9-12-19)22(29)17-27-18-26-23-20(24(30)31-4)13-10-14-21(23)27/h7-14,18H,15-17H2,1-6H3. The molecule has 0 aliphatic rings. The fourth-order valence-corrected chi connectivity index (χ4v) is 4.37. The molecule has 176 valence electrons. The number of hydrogen-bond donors (Lipinski definition) is 0. The molecule has 0 atom stereocenters. The highest BCUT2D eigenvalue weighted by Crippen LogP contribution is 2.36. The van der Waals surface area contributed by atoms with Crippen LogP contribution in [0.5, 0.6) is 0 Å². The van der Waals surface area contributed by atoms with Crippen molar-refractivity contribution in [2.24, 2.45) is 0 Å². The number of aromatic nitrogens is 2. The van der Waals surface area contributed by atoms with E-state index in [2.05, 4.69) is 38.8 Å². The molecule has 3 aromatic rings. The molecular weight excluding hydrogens is 434 g/mol. The van der Waals surface area contributed by atoms with Gasteiger partial charge in [0.05, 0.1) is 31.1 Å². The number of amides is 1. The van der Waals surface area contributed by atoms with Crippen molar-refractivity contribution in [3.63, 3.8) is 0 Å². The number of esters is 1. The molecule has 1 aromatic heterocycles. The highest BCUT2D eigenvalue weighted by Gasteiger charge is 2.37. The van der Waals surface area contributed by atoms with Crippen LogP contribution >= 0.6 is 0 Å². The Bertz CT molecular complexity index is 1120. The molecule has 0 aliphatic carbocycles. The fourth-order valence-electron chi connectivity index (χ4n) is 3.33. The van der Waals surface area contributed by atoms with Gasteiger partial charge in [-0.1, -0.05) is 45.0 Å². The summed E-state index contributed by atoms with van der Waals surface area (Å²) in [5, 5.41) is 0.0989. The third-order valence-corrected chi connectivity index (χ3v) is 10.9. The van der Waals surface area contributed by atoms with E-state index in [1.165, 1.54) is 7.11 Å². The molecule has 0 saturated carbocycles. The number of anilines is 1. The van der Waals surface area contributed by atoms with Gasteiger partial charge in [-0.3, -0.25) is 4.79 Å². The first kappa shape index (κ1) is 24.7. The Hall–Kier alpha value is -2.97. The van der Waals surface area contributed by atoms with Crippen molar-refractivity contribution in [3.05, 3.63) is 60.4 Å². The predicted molar refractivity (Wildman–Crippen MR) is 133 cm³/mol. The molecule has 1 heterocycles. The summed E-state index contributed by atoms with van der Waals surface area (Å²) >= 11 is 0. The van der Waals surface area contributed by atoms with E-state index in [1.807, 2.05) is 36.4 Å². The lowest BCUT2D eigenvalue weighted by Gasteiger charge is -2.36. The molecule has 1 amide bonds. The van der Waals surface area contributed by atoms with Crippen LogP contribution in [0.3, 0.4) is 0 Å². The van der Waals surface area contributed by atoms with Gasteiger partial charge in [-0.05, 0) is 42.4 Å². The van der Waals surface area contributed by atoms with Crippen molar-refractivity contribution in [1.82, 2.24) is 9.55 Å². The quantitative estimate of drug-likeness (QED) is 0.349. The van der Waals surface area contributed by atoms with Gasteiger partial charge in [-0.15, -0.1) is 0 Å². The van der Waals surface area contributed by atoms with E-state index in [0.717, 1.165) is 5.69 Å². The van der Waals surface area contributed by atoms with E-state index in [4.69, 9.17) is 9.16 Å². The van der Waals surface area contributed by atoms with Gasteiger partial charge in [0.25, 0.3) is 0 Å². The normalized spacial score (nSPS) is 12.1. The number of imidazole rings is 1. The lowest BCUT2D eigenvalue weighted by atomic mass is 10.2. The Morgan fingerprint density at radius 2 is 1.76 bits per heavy atom. The summed E-state index contributed by atoms with van der Waals surface area (Å²) in [4.78, 5) is 31.6. The number of fused-ring (bicyclic) bond motifs is 1. The van der Waals surface area contributed by atoms with E-state index < -0.39 is 14.3 Å². The molecule has 0 aliphatic heterocycles. The summed E-state index contributed by atoms with van der Waals surface area (Å²) in [5.41, 5.74) is 2.42. The molecule has 0 fully saturated rings. The number of carbonyl (C=O) groups is 2. The van der Waals surface area contributed by atoms with Gasteiger partial charge in [0, 0.05) is 12.2 Å². The minimum Gasteiger partial charge on any atom is -0.465 e. The first-order valence-corrected chi connectivity index (χ1v) is 14.0. The van der Waals surface area contributed by atoms with Gasteiger partial charge in [0.1, 0.15) is 12.1 Å². The highest BCUT2D eigenvalue weighted by molar-refractivity contribution is 6.74. The van der Waals surface area contributed by atoms with Crippen LogP contribution in [-0.4, -0.2) is 50.0 Å². The van der Waals surface area contributed by atoms with Crippen molar-refractivity contribution >= 4 is 36.9 Å². The number of methoxy groups -OCH3 is 1. The van der Waals surface area contributed by atoms with Crippen molar-refractivity contribution in [1.29, 1.82) is 0 Å². The maximum Gasteiger partial charge on any atom is 0.340 e. The van der Waals surface area contributed by atoms with Gasteiger partial charge in [-0.2, -0.15) is 0 Å². The second kappa shape index (κ2) is 9.89. The molecule has 8 heteroatoms. The van der Waals surface area contributed by atoms with Crippen LogP contribution in [0.4, 0.5) is 5.69 Å². The molecule has 2 aromatic carbocycles. The zero-order valence-corrected chi connectivity index (χ0v) is 21.3. The monoisotopic (exact) mass is 467 g/mol. The number of carbonyl (C=O) groups excluding carboxylic acids is 2. The number of nitrogens with zero attached hydrogens (tertiary/aromatic N) is 3. The Kier molecular flexibility index (Phi) is 7.39. The van der Waals surface area contributed by atoms with Gasteiger partial charge < -0.3 is 18.6 Å². The number of hydrogen-bond acceptors (Lipinski definition) is 5. The smallest absolute Gasteiger partial charge is 0.340 e. The van der Waals surface area contributed by atoms with Crippen LogP contribution in [0, 0.1) is 0 Å². The highest BCUT2D eigenvalue weighted by atomic mass is 28.4. The molecule has 0 saturated heterocycles. The Labute approximate surface area is 196 Å². The molecule has 33 heavy (non-hydrogen) atoms. The zero-order chi connectivity index (χ0) is 24.2. The molecular formula is C25H33N3O4Si. The molecule has 0 spiro atoms. The Morgan fingerprint density at radius 3 is 2.39 bits per heavy atom. The third kappa shape index (κ3) is 5.51. The number of ether oxygens (including phenoxy) is 1. The van der Waals surface area contributed by atoms with E-state index in [9.17, 15) is 9.59 Å². The van der Waals surface area contributed by atoms with Gasteiger partial charge >= 0.3 is 5.97 Å². The van der Waals surface area contributed by atoms with E-state index >= 15 is 0 Å². The van der Waals surface area contributed by atoms with E-state index in [1.54, 1.807) is 27.9 Å². The molecule has 0 radical (unpaired) electrons. The zero-order valence-electron chi connectivity index (χ0n) is 20.3. The second-order valence-corrected chi connectivity index (χ2v) is 14.3. The molecule has 0 N–H and O–H groups in total. The maximum atomic E-state index is 13.4. The van der Waals surface area contributed by atoms with Crippen LogP contribution in [-0.2, 0) is 20.5 Å². The van der Waals surface area contributed by atoms with Crippen LogP contribution in [0.25, 0.3) is 11.0 Å². The number of para-hydroxylation sites is 2. The average Bonchev–Trinajstić information content (AvgIpc) is 3.18. The Morgan fingerprint density at radius 1 is 1.06 bits per heavy atom. The minimum absolute atomic E-state index is 0.0807. The minimum atomic E-state index is -1.92. The Balaban J connectivity index is 1.82. The number of benzene rings is 2. The summed E-state index contributed by atoms with van der Waals surface area (Å²) in [5.74, 6) is -0.534. The second-order valence-electron chi connectivity index (χ2n) is 9.53. The van der Waals surface area contributed by atoms with Crippen LogP contribution in [0.2, 0.25) is 18.1 Å². The van der Waals surface area contributed by atoms with Crippen molar-refractivity contribution in [2.45, 2.75) is 45.4 Å². The van der Waals surface area contributed by atoms with Crippen molar-refractivity contribution < 1.29 is 18.8 Å². The van der Waals surface area contributed by atoms with Crippen molar-refractivity contribution in [3.8, 4) is 0 Å². The number of rotatable bonds is 8. The molecule has 0 bridgehead atoms. The van der Waals surface area contributed by atoms with Crippen LogP contribution < -0.4 is 4.90 Å². The lowest BCUT2D eigenvalue weighted by Crippen LogP contribution is -2.44. The summed E-state index contributed by atoms with van der Waals surface area (Å²) in [6, 6.07) is 14.9. The third-order valence-electron chi connectivity index (χ3n) is 6.31. The van der Waals surface area contributed by atoms with Gasteiger partial charge in [0.15, 0.2) is 8.32 Å². The molecule has 3 rings (SSSR count). The first-order chi connectivity index (χ1) is 15.5. The topological polar surface area (TPSA) is 73.7 Å². The summed E-state index contributed by atoms with van der Waals surface area (Å²) < 4.78 is 12.9. The summed E-state index contributed by atoms with van der Waals surface area (Å²) in [7, 11) is -0.586. The fraction of sp³-hybridized carbons (Fsp3) is 0.400. The molecule has 7 nitrogen and oxygen atoms in total. The van der Waals surface area contributed by atoms with Gasteiger partial charge in [-0.25, -0.2) is 9.78 Å². The predicted octanol–water partition coefficient (Wildman–Crippen LogP) is 4.88. The van der Waals surface area contributed by atoms with E-state index in [-0.39, 0.29) is 17.5 Å². The summed E-state index contributed by atoms with van der Waals surface area (Å²) in [6.45, 7) is 12.0. The maximum absolute atomic E-state index is 13.4. The van der Waals surface area contributed by atoms with Crippen molar-refractivity contribution in [2.75, 3.05) is 25.2 Å². The lowest BCUT2D eigenvalue weighted by molar-refractivity contribution is -0.119. The van der Waals surface area contributed by atoms with Gasteiger partial charge in [0.2, 0.25) is 5.91 Å². The largest absolute Gasteiger partial charge is 0.465 e. The van der Waals surface area contributed by atoms with Crippen LogP contribution in [0.1, 0.15) is 31.1 Å². The molecule has 0 unspecified atom stereocenters. The summed E-state index contributed by atoms with van der Waals surface area (Å²) in [6.07, 6.45) is 1.59. The first-order valence-electron chi connectivity index (χ1n) is 11.1. The van der Waals surface area contributed by atoms with Crippen LogP contribution in [0.15, 0.2) is 54.9 Å². The van der Waals surface area contributed by atoms with E-state index in [0.29, 0.717) is 29.7 Å². The SMILES string of the molecule is COC(=O)c1cccc2c1ncn2CC(=O)N(CCO[Si](C)(C)C(C)(C)C)c1ccccc1. The average molecular weight is 468 g/mol.